The number of rotatable bonds is 0. The van der Waals surface area contributed by atoms with Gasteiger partial charge in [0.05, 0.1) is 0 Å². The zero-order valence-corrected chi connectivity index (χ0v) is 6.23. The molecule has 1 rings (SSSR count). The molecule has 10 heavy (non-hydrogen) atoms. The lowest BCUT2D eigenvalue weighted by atomic mass is 10.3. The highest BCUT2D eigenvalue weighted by Gasteiger charge is 1.74. The number of hydrogen-bond donors (Lipinski definition) is 3. The normalized spacial score (nSPS) is 7.80. The molecule has 0 unspecified atom stereocenters. The number of phenolic OH excluding ortho intramolecular Hbond substituents is 1. The Labute approximate surface area is 60.9 Å². The lowest BCUT2D eigenvalue weighted by Gasteiger charge is -1.82. The maximum Gasteiger partial charge on any atom is 0.149 e. The van der Waals surface area contributed by atoms with Gasteiger partial charge in [0.1, 0.15) is 14.8 Å². The molecule has 0 radical (unpaired) electrons. The molecular weight excluding hydrogens is 151 g/mol. The van der Waals surface area contributed by atoms with Gasteiger partial charge >= 0.3 is 0 Å². The van der Waals surface area contributed by atoms with Crippen molar-refractivity contribution in [2.24, 2.45) is 0 Å². The summed E-state index contributed by atoms with van der Waals surface area (Å²) in [6.07, 6.45) is 0. The smallest absolute Gasteiger partial charge is 0.149 e. The molecule has 0 aliphatic rings. The van der Waals surface area contributed by atoms with Crippen LogP contribution in [-0.4, -0.2) is 14.9 Å². The summed E-state index contributed by atoms with van der Waals surface area (Å²) in [5, 5.41) is 8.63. The topological polar surface area (TPSA) is 60.7 Å². The minimum Gasteiger partial charge on any atom is -0.508 e. The lowest BCUT2D eigenvalue weighted by Crippen LogP contribution is -1.56. The summed E-state index contributed by atoms with van der Waals surface area (Å²) in [4.78, 5) is 14.3. The van der Waals surface area contributed by atoms with Gasteiger partial charge in [0.15, 0.2) is 0 Å². The second-order valence-electron chi connectivity index (χ2n) is 1.44. The first-order valence-corrected chi connectivity index (χ1v) is 3.48. The summed E-state index contributed by atoms with van der Waals surface area (Å²) >= 11 is 0. The monoisotopic (exact) mass is 160 g/mol. The zero-order valence-electron chi connectivity index (χ0n) is 5.23. The van der Waals surface area contributed by atoms with Gasteiger partial charge in [-0.1, -0.05) is 18.2 Å². The van der Waals surface area contributed by atoms with E-state index in [2.05, 4.69) is 0 Å². The molecule has 0 fully saturated rings. The molecule has 0 spiro atoms. The van der Waals surface area contributed by atoms with Crippen molar-refractivity contribution >= 4 is 9.03 Å². The fourth-order valence-corrected chi connectivity index (χ4v) is 0.428. The van der Waals surface area contributed by atoms with Gasteiger partial charge in [-0.2, -0.15) is 0 Å². The SMILES string of the molecule is OPO.Oc1ccccc1. The van der Waals surface area contributed by atoms with Crippen molar-refractivity contribution in [1.29, 1.82) is 0 Å². The molecule has 0 saturated heterocycles. The molecule has 1 aromatic carbocycles. The highest BCUT2D eigenvalue weighted by atomic mass is 31.1. The van der Waals surface area contributed by atoms with Crippen molar-refractivity contribution in [3.8, 4) is 5.75 Å². The maximum absolute atomic E-state index is 8.63. The van der Waals surface area contributed by atoms with Gasteiger partial charge in [0.2, 0.25) is 0 Å². The first kappa shape index (κ1) is 9.37. The highest BCUT2D eigenvalue weighted by Crippen LogP contribution is 2.02. The number of benzene rings is 1. The third kappa shape index (κ3) is 5.51. The van der Waals surface area contributed by atoms with Gasteiger partial charge in [-0.15, -0.1) is 0 Å². The fraction of sp³-hybridized carbons (Fsp3) is 0. The summed E-state index contributed by atoms with van der Waals surface area (Å²) in [6.45, 7) is 0. The van der Waals surface area contributed by atoms with Crippen molar-refractivity contribution in [2.75, 3.05) is 0 Å². The van der Waals surface area contributed by atoms with Crippen LogP contribution in [0.25, 0.3) is 0 Å². The van der Waals surface area contributed by atoms with E-state index in [9.17, 15) is 0 Å². The van der Waals surface area contributed by atoms with E-state index in [4.69, 9.17) is 14.9 Å². The van der Waals surface area contributed by atoms with Crippen molar-refractivity contribution in [3.63, 3.8) is 0 Å². The molecule has 0 aromatic heterocycles. The molecule has 0 bridgehead atoms. The fourth-order valence-electron chi connectivity index (χ4n) is 0.428. The van der Waals surface area contributed by atoms with Crippen molar-refractivity contribution in [3.05, 3.63) is 30.3 Å². The van der Waals surface area contributed by atoms with E-state index >= 15 is 0 Å². The van der Waals surface area contributed by atoms with Gasteiger partial charge in [0, 0.05) is 0 Å². The minimum atomic E-state index is -0.917. The lowest BCUT2D eigenvalue weighted by molar-refractivity contribution is 0.475. The standard InChI is InChI=1S/C6H6O.H3O2P/c7-6-4-2-1-3-5-6;1-3-2/h1-5,7H;1-3H. The van der Waals surface area contributed by atoms with Crippen molar-refractivity contribution in [2.45, 2.75) is 0 Å². The van der Waals surface area contributed by atoms with E-state index in [1.165, 1.54) is 0 Å². The Morgan fingerprint density at radius 3 is 1.60 bits per heavy atom. The Hall–Kier alpha value is -0.630. The molecule has 3 nitrogen and oxygen atoms in total. The van der Waals surface area contributed by atoms with Gasteiger partial charge in [-0.05, 0) is 12.1 Å². The Kier molecular flexibility index (Phi) is 6.08. The zero-order chi connectivity index (χ0) is 7.82. The first-order valence-electron chi connectivity index (χ1n) is 2.58. The van der Waals surface area contributed by atoms with Gasteiger partial charge in [-0.25, -0.2) is 0 Å². The quantitative estimate of drug-likeness (QED) is 0.493. The summed E-state index contributed by atoms with van der Waals surface area (Å²) in [5.74, 6) is 0.322. The Balaban J connectivity index is 0.000000236. The minimum absolute atomic E-state index is 0.322. The largest absolute Gasteiger partial charge is 0.508 e. The molecule has 3 N–H and O–H groups in total. The molecule has 0 amide bonds. The average molecular weight is 160 g/mol. The van der Waals surface area contributed by atoms with Gasteiger partial charge < -0.3 is 14.9 Å². The molecule has 0 saturated carbocycles. The summed E-state index contributed by atoms with van der Waals surface area (Å²) < 4.78 is 0. The second kappa shape index (κ2) is 6.49. The average Bonchev–Trinajstić information content (AvgIpc) is 1.91. The van der Waals surface area contributed by atoms with Crippen LogP contribution in [0.4, 0.5) is 0 Å². The van der Waals surface area contributed by atoms with Gasteiger partial charge in [-0.3, -0.25) is 0 Å². The summed E-state index contributed by atoms with van der Waals surface area (Å²) in [7, 11) is -0.917. The molecule has 1 aromatic rings. The molecule has 0 aliphatic heterocycles. The number of aromatic hydroxyl groups is 1. The number of phenols is 1. The first-order chi connectivity index (χ1) is 4.81. The van der Waals surface area contributed by atoms with E-state index < -0.39 is 9.03 Å². The number of hydrogen-bond acceptors (Lipinski definition) is 3. The number of para-hydroxylation sites is 1. The van der Waals surface area contributed by atoms with Crippen molar-refractivity contribution < 1.29 is 14.9 Å². The van der Waals surface area contributed by atoms with Crippen LogP contribution in [0.3, 0.4) is 0 Å². The molecule has 56 valence electrons. The third-order valence-electron chi connectivity index (χ3n) is 0.756. The Morgan fingerprint density at radius 2 is 1.40 bits per heavy atom. The van der Waals surface area contributed by atoms with E-state index in [-0.39, 0.29) is 0 Å². The van der Waals surface area contributed by atoms with Gasteiger partial charge in [0.25, 0.3) is 0 Å². The predicted molar refractivity (Wildman–Crippen MR) is 40.9 cm³/mol. The van der Waals surface area contributed by atoms with Crippen LogP contribution in [0.2, 0.25) is 0 Å². The van der Waals surface area contributed by atoms with Crippen LogP contribution >= 0.6 is 9.03 Å². The second-order valence-corrected chi connectivity index (χ2v) is 1.64. The summed E-state index contributed by atoms with van der Waals surface area (Å²) in [5.41, 5.74) is 0. The van der Waals surface area contributed by atoms with Crippen LogP contribution in [0.1, 0.15) is 0 Å². The van der Waals surface area contributed by atoms with Crippen molar-refractivity contribution in [1.82, 2.24) is 0 Å². The molecule has 0 heterocycles. The molecule has 0 aliphatic carbocycles. The molecule has 4 heteroatoms. The molecule has 0 atom stereocenters. The third-order valence-corrected chi connectivity index (χ3v) is 0.756. The molecular formula is C6H9O3P. The highest BCUT2D eigenvalue weighted by molar-refractivity contribution is 7.23. The van der Waals surface area contributed by atoms with Crippen LogP contribution in [0.5, 0.6) is 5.75 Å². The van der Waals surface area contributed by atoms with E-state index in [1.54, 1.807) is 24.3 Å². The maximum atomic E-state index is 8.63. The van der Waals surface area contributed by atoms with E-state index in [0.29, 0.717) is 5.75 Å². The predicted octanol–water partition coefficient (Wildman–Crippen LogP) is 0.872. The van der Waals surface area contributed by atoms with Crippen LogP contribution in [-0.2, 0) is 0 Å². The van der Waals surface area contributed by atoms with Crippen LogP contribution < -0.4 is 0 Å². The summed E-state index contributed by atoms with van der Waals surface area (Å²) in [6, 6.07) is 8.71. The van der Waals surface area contributed by atoms with E-state index in [0.717, 1.165) is 0 Å². The van der Waals surface area contributed by atoms with Crippen LogP contribution in [0, 0.1) is 0 Å². The van der Waals surface area contributed by atoms with Crippen LogP contribution in [0.15, 0.2) is 30.3 Å². The Bertz CT molecular complexity index is 154. The Morgan fingerprint density at radius 1 is 1.00 bits per heavy atom. The van der Waals surface area contributed by atoms with E-state index in [1.807, 2.05) is 6.07 Å².